The Hall–Kier alpha value is -0.500. The van der Waals surface area contributed by atoms with Crippen LogP contribution in [0, 0.1) is 5.41 Å². The van der Waals surface area contributed by atoms with E-state index in [2.05, 4.69) is 29.5 Å². The Balaban J connectivity index is 2.03. The summed E-state index contributed by atoms with van der Waals surface area (Å²) in [7, 11) is 2.18. The fraction of sp³-hybridized carbons (Fsp3) is 0.750. The summed E-state index contributed by atoms with van der Waals surface area (Å²) in [5.74, 6) is 0. The van der Waals surface area contributed by atoms with Crippen LogP contribution in [0.4, 0.5) is 0 Å². The lowest BCUT2D eigenvalue weighted by Gasteiger charge is -2.48. The minimum atomic E-state index is 0.556. The average molecular weight is 138 g/mol. The maximum Gasteiger partial charge on any atom is 0.0170 e. The van der Waals surface area contributed by atoms with Crippen molar-refractivity contribution in [3.63, 3.8) is 0 Å². The lowest BCUT2D eigenvalue weighted by atomic mass is 9.76. The van der Waals surface area contributed by atoms with E-state index in [1.807, 2.05) is 0 Å². The molecule has 0 unspecified atom stereocenters. The van der Waals surface area contributed by atoms with Gasteiger partial charge in [-0.3, -0.25) is 0 Å². The molecule has 2 aliphatic heterocycles. The highest BCUT2D eigenvalue weighted by Gasteiger charge is 2.38. The zero-order valence-electron chi connectivity index (χ0n) is 6.43. The molecule has 2 nitrogen and oxygen atoms in total. The third-order valence-electron chi connectivity index (χ3n) is 2.49. The standard InChI is InChI=1S/C8H14N2/c1-10-6-8(7-10)2-4-9-5-3-8/h2,4,9H,3,5-7H2,1H3. The van der Waals surface area contributed by atoms with E-state index in [4.69, 9.17) is 0 Å². The molecule has 0 radical (unpaired) electrons. The van der Waals surface area contributed by atoms with Crippen molar-refractivity contribution >= 4 is 0 Å². The van der Waals surface area contributed by atoms with Gasteiger partial charge in [0.25, 0.3) is 0 Å². The second-order valence-corrected chi connectivity index (χ2v) is 3.57. The second kappa shape index (κ2) is 1.99. The minimum Gasteiger partial charge on any atom is -0.391 e. The summed E-state index contributed by atoms with van der Waals surface area (Å²) < 4.78 is 0. The highest BCUT2D eigenvalue weighted by molar-refractivity contribution is 5.10. The third-order valence-corrected chi connectivity index (χ3v) is 2.49. The van der Waals surface area contributed by atoms with Gasteiger partial charge in [-0.1, -0.05) is 6.08 Å². The lowest BCUT2D eigenvalue weighted by molar-refractivity contribution is 0.0550. The Bertz CT molecular complexity index is 157. The summed E-state index contributed by atoms with van der Waals surface area (Å²) in [6, 6.07) is 0. The molecule has 56 valence electrons. The predicted octanol–water partition coefficient (Wildman–Crippen LogP) is 0.425. The van der Waals surface area contributed by atoms with Gasteiger partial charge in [0, 0.05) is 25.0 Å². The van der Waals surface area contributed by atoms with Crippen LogP contribution in [0.1, 0.15) is 6.42 Å². The quantitative estimate of drug-likeness (QED) is 0.522. The Labute approximate surface area is 61.9 Å². The molecule has 0 bridgehead atoms. The van der Waals surface area contributed by atoms with Crippen molar-refractivity contribution in [3.8, 4) is 0 Å². The first-order valence-corrected chi connectivity index (χ1v) is 3.90. The molecule has 1 spiro atoms. The Kier molecular flexibility index (Phi) is 1.24. The van der Waals surface area contributed by atoms with Gasteiger partial charge in [-0.15, -0.1) is 0 Å². The summed E-state index contributed by atoms with van der Waals surface area (Å²) >= 11 is 0. The molecule has 2 aliphatic rings. The molecule has 2 heterocycles. The van der Waals surface area contributed by atoms with Crippen molar-refractivity contribution in [2.45, 2.75) is 6.42 Å². The SMILES string of the molecule is CN1CC2(C=CNCC2)C1. The monoisotopic (exact) mass is 138 g/mol. The maximum absolute atomic E-state index is 3.22. The van der Waals surface area contributed by atoms with Crippen LogP contribution >= 0.6 is 0 Å². The van der Waals surface area contributed by atoms with E-state index in [0.717, 1.165) is 6.54 Å². The molecule has 0 amide bonds. The molecule has 2 rings (SSSR count). The Morgan fingerprint density at radius 1 is 1.50 bits per heavy atom. The van der Waals surface area contributed by atoms with E-state index in [-0.39, 0.29) is 0 Å². The van der Waals surface area contributed by atoms with Gasteiger partial charge >= 0.3 is 0 Å². The van der Waals surface area contributed by atoms with Crippen molar-refractivity contribution in [1.29, 1.82) is 0 Å². The molecule has 0 aromatic heterocycles. The van der Waals surface area contributed by atoms with Gasteiger partial charge in [0.2, 0.25) is 0 Å². The number of nitrogens with zero attached hydrogens (tertiary/aromatic N) is 1. The largest absolute Gasteiger partial charge is 0.391 e. The van der Waals surface area contributed by atoms with Gasteiger partial charge in [-0.25, -0.2) is 0 Å². The number of rotatable bonds is 0. The maximum atomic E-state index is 3.22. The van der Waals surface area contributed by atoms with Crippen molar-refractivity contribution in [2.24, 2.45) is 5.41 Å². The van der Waals surface area contributed by atoms with Crippen LogP contribution in [0.3, 0.4) is 0 Å². The predicted molar refractivity (Wildman–Crippen MR) is 41.7 cm³/mol. The molecule has 1 saturated heterocycles. The molecule has 0 atom stereocenters. The minimum absolute atomic E-state index is 0.556. The van der Waals surface area contributed by atoms with Crippen LogP contribution in [-0.2, 0) is 0 Å². The number of nitrogens with one attached hydrogen (secondary N) is 1. The van der Waals surface area contributed by atoms with Crippen LogP contribution in [0.5, 0.6) is 0 Å². The van der Waals surface area contributed by atoms with E-state index in [1.54, 1.807) is 0 Å². The molecule has 0 aromatic rings. The van der Waals surface area contributed by atoms with Crippen LogP contribution in [0.2, 0.25) is 0 Å². The van der Waals surface area contributed by atoms with Gasteiger partial charge in [-0.2, -0.15) is 0 Å². The molecule has 1 N–H and O–H groups in total. The number of hydrogen-bond donors (Lipinski definition) is 1. The highest BCUT2D eigenvalue weighted by atomic mass is 15.2. The van der Waals surface area contributed by atoms with Gasteiger partial charge < -0.3 is 10.2 Å². The zero-order chi connectivity index (χ0) is 7.03. The van der Waals surface area contributed by atoms with E-state index >= 15 is 0 Å². The van der Waals surface area contributed by atoms with Gasteiger partial charge in [-0.05, 0) is 19.7 Å². The van der Waals surface area contributed by atoms with E-state index in [9.17, 15) is 0 Å². The lowest BCUT2D eigenvalue weighted by Crippen LogP contribution is -2.55. The average Bonchev–Trinajstić information content (AvgIpc) is 1.87. The smallest absolute Gasteiger partial charge is 0.0170 e. The topological polar surface area (TPSA) is 15.3 Å². The summed E-state index contributed by atoms with van der Waals surface area (Å²) in [6.07, 6.45) is 5.75. The second-order valence-electron chi connectivity index (χ2n) is 3.57. The summed E-state index contributed by atoms with van der Waals surface area (Å²) in [5, 5.41) is 3.22. The van der Waals surface area contributed by atoms with E-state index in [1.165, 1.54) is 19.5 Å². The van der Waals surface area contributed by atoms with E-state index < -0.39 is 0 Å². The third kappa shape index (κ3) is 0.833. The van der Waals surface area contributed by atoms with Gasteiger partial charge in [0.05, 0.1) is 0 Å². The molecule has 1 fully saturated rings. The molecule has 2 heteroatoms. The molecule has 0 aromatic carbocycles. The van der Waals surface area contributed by atoms with Crippen molar-refractivity contribution in [2.75, 3.05) is 26.7 Å². The molecular formula is C8H14N2. The van der Waals surface area contributed by atoms with Crippen molar-refractivity contribution < 1.29 is 0 Å². The summed E-state index contributed by atoms with van der Waals surface area (Å²) in [4.78, 5) is 2.37. The van der Waals surface area contributed by atoms with Crippen LogP contribution in [0.15, 0.2) is 12.3 Å². The first kappa shape index (κ1) is 6.23. The highest BCUT2D eigenvalue weighted by Crippen LogP contribution is 2.35. The van der Waals surface area contributed by atoms with Crippen LogP contribution in [-0.4, -0.2) is 31.6 Å². The number of hydrogen-bond acceptors (Lipinski definition) is 2. The molecule has 0 aliphatic carbocycles. The normalized spacial score (nSPS) is 29.7. The van der Waals surface area contributed by atoms with Gasteiger partial charge in [0.15, 0.2) is 0 Å². The fourth-order valence-corrected chi connectivity index (χ4v) is 2.02. The molecular weight excluding hydrogens is 124 g/mol. The summed E-state index contributed by atoms with van der Waals surface area (Å²) in [6.45, 7) is 3.67. The van der Waals surface area contributed by atoms with E-state index in [0.29, 0.717) is 5.41 Å². The zero-order valence-corrected chi connectivity index (χ0v) is 6.43. The Morgan fingerprint density at radius 3 is 2.80 bits per heavy atom. The van der Waals surface area contributed by atoms with Crippen molar-refractivity contribution in [3.05, 3.63) is 12.3 Å². The fourth-order valence-electron chi connectivity index (χ4n) is 2.02. The molecule has 10 heavy (non-hydrogen) atoms. The molecule has 0 saturated carbocycles. The van der Waals surface area contributed by atoms with Gasteiger partial charge in [0.1, 0.15) is 0 Å². The van der Waals surface area contributed by atoms with Crippen LogP contribution < -0.4 is 5.32 Å². The van der Waals surface area contributed by atoms with Crippen molar-refractivity contribution in [1.82, 2.24) is 10.2 Å². The first-order chi connectivity index (χ1) is 4.81. The summed E-state index contributed by atoms with van der Waals surface area (Å²) in [5.41, 5.74) is 0.556. The Morgan fingerprint density at radius 2 is 2.30 bits per heavy atom. The van der Waals surface area contributed by atoms with Crippen LogP contribution in [0.25, 0.3) is 0 Å². The number of likely N-dealkylation sites (tertiary alicyclic amines) is 1. The first-order valence-electron chi connectivity index (χ1n) is 3.90.